The number of hydrogen-bond acceptors (Lipinski definition) is 4. The maximum absolute atomic E-state index is 12.9. The Kier molecular flexibility index (Phi) is 2.68. The molecule has 2 aliphatic rings. The zero-order valence-electron chi connectivity index (χ0n) is 9.84. The number of nitrogens with zero attached hydrogens (tertiary/aromatic N) is 1. The molecule has 1 aliphatic heterocycles. The first-order valence-electron chi connectivity index (χ1n) is 5.87. The molecular weight excluding hydrogens is 265 g/mol. The van der Waals surface area contributed by atoms with Gasteiger partial charge in [-0.3, -0.25) is 0 Å². The van der Waals surface area contributed by atoms with Gasteiger partial charge in [-0.25, -0.2) is 4.79 Å². The lowest BCUT2D eigenvalue weighted by Gasteiger charge is -2.33. The molecule has 1 spiro atoms. The van der Waals surface area contributed by atoms with E-state index in [0.29, 0.717) is 19.6 Å². The molecule has 0 amide bonds. The lowest BCUT2D eigenvalue weighted by molar-refractivity contribution is -0.168. The van der Waals surface area contributed by atoms with Crippen LogP contribution < -0.4 is 5.69 Å². The van der Waals surface area contributed by atoms with Crippen molar-refractivity contribution in [3.8, 4) is 0 Å². The Morgan fingerprint density at radius 3 is 2.58 bits per heavy atom. The van der Waals surface area contributed by atoms with E-state index in [1.54, 1.807) is 0 Å². The quantitative estimate of drug-likeness (QED) is 0.768. The van der Waals surface area contributed by atoms with Crippen LogP contribution in [0.3, 0.4) is 0 Å². The number of aryl methyl sites for hydroxylation is 1. The van der Waals surface area contributed by atoms with E-state index in [4.69, 9.17) is 9.47 Å². The molecule has 1 aromatic heterocycles. The molecule has 0 saturated carbocycles. The van der Waals surface area contributed by atoms with Gasteiger partial charge in [0.05, 0.1) is 13.2 Å². The normalized spacial score (nSPS) is 21.6. The third-order valence-corrected chi connectivity index (χ3v) is 3.41. The molecule has 1 aromatic rings. The van der Waals surface area contributed by atoms with Gasteiger partial charge in [-0.2, -0.15) is 18.2 Å². The average molecular weight is 276 g/mol. The van der Waals surface area contributed by atoms with Crippen LogP contribution >= 0.6 is 0 Å². The Hall–Kier alpha value is -1.41. The molecule has 1 aliphatic carbocycles. The number of nitrogens with one attached hydrogen (secondary N) is 1. The van der Waals surface area contributed by atoms with Gasteiger partial charge in [0.25, 0.3) is 0 Å². The van der Waals surface area contributed by atoms with E-state index in [-0.39, 0.29) is 24.1 Å². The van der Waals surface area contributed by atoms with Gasteiger partial charge in [0.1, 0.15) is 0 Å². The van der Waals surface area contributed by atoms with Gasteiger partial charge < -0.3 is 14.5 Å². The van der Waals surface area contributed by atoms with Crippen molar-refractivity contribution in [2.45, 2.75) is 31.2 Å². The maximum Gasteiger partial charge on any atom is 0.433 e. The number of halogens is 3. The van der Waals surface area contributed by atoms with Gasteiger partial charge in [-0.15, -0.1) is 0 Å². The van der Waals surface area contributed by atoms with Crippen molar-refractivity contribution in [3.05, 3.63) is 27.4 Å². The minimum atomic E-state index is -4.66. The third kappa shape index (κ3) is 2.14. The maximum atomic E-state index is 12.9. The molecule has 2 heterocycles. The number of rotatable bonds is 0. The number of H-pyrrole nitrogens is 1. The van der Waals surface area contributed by atoms with Crippen molar-refractivity contribution in [2.24, 2.45) is 0 Å². The van der Waals surface area contributed by atoms with Crippen LogP contribution in [-0.2, 0) is 28.5 Å². The van der Waals surface area contributed by atoms with Crippen molar-refractivity contribution < 1.29 is 22.6 Å². The van der Waals surface area contributed by atoms with E-state index in [9.17, 15) is 18.0 Å². The van der Waals surface area contributed by atoms with Crippen LogP contribution in [0.1, 0.15) is 23.4 Å². The standard InChI is InChI=1S/C11H11F3N2O3/c12-11(13,14)8-6-5-10(18-3-4-19-10)2-1-7(6)15-9(17)16-8/h1-5H2,(H,15,16,17). The highest BCUT2D eigenvalue weighted by atomic mass is 19.4. The van der Waals surface area contributed by atoms with E-state index in [1.165, 1.54) is 0 Å². The first kappa shape index (κ1) is 12.6. The molecule has 19 heavy (non-hydrogen) atoms. The van der Waals surface area contributed by atoms with Gasteiger partial charge in [-0.1, -0.05) is 0 Å². The second kappa shape index (κ2) is 4.04. The van der Waals surface area contributed by atoms with Crippen LogP contribution in [0.2, 0.25) is 0 Å². The third-order valence-electron chi connectivity index (χ3n) is 3.41. The van der Waals surface area contributed by atoms with Crippen LogP contribution in [0.5, 0.6) is 0 Å². The number of aromatic amines is 1. The van der Waals surface area contributed by atoms with E-state index in [2.05, 4.69) is 9.97 Å². The predicted molar refractivity (Wildman–Crippen MR) is 56.5 cm³/mol. The molecule has 8 heteroatoms. The summed E-state index contributed by atoms with van der Waals surface area (Å²) in [6.45, 7) is 0.737. The number of ether oxygens (including phenoxy) is 2. The highest BCUT2D eigenvalue weighted by molar-refractivity contribution is 5.31. The van der Waals surface area contributed by atoms with E-state index >= 15 is 0 Å². The summed E-state index contributed by atoms with van der Waals surface area (Å²) >= 11 is 0. The highest BCUT2D eigenvalue weighted by Gasteiger charge is 2.45. The van der Waals surface area contributed by atoms with Crippen LogP contribution in [0.4, 0.5) is 13.2 Å². The zero-order valence-corrected chi connectivity index (χ0v) is 9.84. The molecular formula is C11H11F3N2O3. The van der Waals surface area contributed by atoms with Crippen LogP contribution in [0.15, 0.2) is 4.79 Å². The van der Waals surface area contributed by atoms with E-state index < -0.39 is 23.3 Å². The van der Waals surface area contributed by atoms with Crippen molar-refractivity contribution in [2.75, 3.05) is 13.2 Å². The summed E-state index contributed by atoms with van der Waals surface area (Å²) in [6.07, 6.45) is -4.00. The molecule has 0 atom stereocenters. The van der Waals surface area contributed by atoms with Gasteiger partial charge in [0, 0.05) is 24.1 Å². The van der Waals surface area contributed by atoms with Gasteiger partial charge in [0.2, 0.25) is 0 Å². The lowest BCUT2D eigenvalue weighted by atomic mass is 9.89. The first-order valence-corrected chi connectivity index (χ1v) is 5.87. The molecule has 1 saturated heterocycles. The summed E-state index contributed by atoms with van der Waals surface area (Å²) in [4.78, 5) is 16.6. The molecule has 1 fully saturated rings. The molecule has 3 rings (SSSR count). The molecule has 1 N–H and O–H groups in total. The minimum absolute atomic E-state index is 0.0275. The number of aromatic nitrogens is 2. The fourth-order valence-corrected chi connectivity index (χ4v) is 2.60. The lowest BCUT2D eigenvalue weighted by Crippen LogP contribution is -2.40. The van der Waals surface area contributed by atoms with Crippen LogP contribution in [0, 0.1) is 0 Å². The van der Waals surface area contributed by atoms with Crippen LogP contribution in [-0.4, -0.2) is 29.0 Å². The zero-order chi connectivity index (χ0) is 13.7. The molecule has 104 valence electrons. The molecule has 0 unspecified atom stereocenters. The first-order chi connectivity index (χ1) is 8.90. The van der Waals surface area contributed by atoms with Gasteiger partial charge >= 0.3 is 11.9 Å². The van der Waals surface area contributed by atoms with Crippen molar-refractivity contribution in [3.63, 3.8) is 0 Å². The Bertz CT molecular complexity index is 561. The van der Waals surface area contributed by atoms with E-state index in [0.717, 1.165) is 0 Å². The highest BCUT2D eigenvalue weighted by Crippen LogP contribution is 2.39. The second-order valence-corrected chi connectivity index (χ2v) is 4.63. The number of fused-ring (bicyclic) bond motifs is 1. The summed E-state index contributed by atoms with van der Waals surface area (Å²) in [5.41, 5.74) is -1.86. The monoisotopic (exact) mass is 276 g/mol. The van der Waals surface area contributed by atoms with Crippen molar-refractivity contribution in [1.29, 1.82) is 0 Å². The van der Waals surface area contributed by atoms with Crippen molar-refractivity contribution in [1.82, 2.24) is 9.97 Å². The van der Waals surface area contributed by atoms with Gasteiger partial charge in [-0.05, 0) is 6.42 Å². The molecule has 0 aromatic carbocycles. The predicted octanol–water partition coefficient (Wildman–Crippen LogP) is 1.02. The van der Waals surface area contributed by atoms with E-state index in [1.807, 2.05) is 0 Å². The Morgan fingerprint density at radius 2 is 1.95 bits per heavy atom. The fraction of sp³-hybridized carbons (Fsp3) is 0.636. The fourth-order valence-electron chi connectivity index (χ4n) is 2.60. The van der Waals surface area contributed by atoms with Crippen molar-refractivity contribution >= 4 is 0 Å². The van der Waals surface area contributed by atoms with Gasteiger partial charge in [0.15, 0.2) is 11.5 Å². The topological polar surface area (TPSA) is 64.2 Å². The Morgan fingerprint density at radius 1 is 1.26 bits per heavy atom. The Balaban J connectivity index is 2.09. The molecule has 0 radical (unpaired) electrons. The SMILES string of the molecule is O=c1nc(C(F)(F)F)c2c([nH]1)CCC1(C2)OCCO1. The largest absolute Gasteiger partial charge is 0.433 e. The summed E-state index contributed by atoms with van der Waals surface area (Å²) in [5.74, 6) is -0.993. The summed E-state index contributed by atoms with van der Waals surface area (Å²) < 4.78 is 49.7. The number of hydrogen-bond donors (Lipinski definition) is 1. The average Bonchev–Trinajstić information content (AvgIpc) is 2.76. The molecule has 5 nitrogen and oxygen atoms in total. The second-order valence-electron chi connectivity index (χ2n) is 4.63. The summed E-state index contributed by atoms with van der Waals surface area (Å²) in [5, 5.41) is 0. The number of alkyl halides is 3. The smallest absolute Gasteiger partial charge is 0.347 e. The summed E-state index contributed by atoms with van der Waals surface area (Å²) in [6, 6.07) is 0. The molecule has 0 bridgehead atoms. The summed E-state index contributed by atoms with van der Waals surface area (Å²) in [7, 11) is 0. The van der Waals surface area contributed by atoms with Crippen LogP contribution in [0.25, 0.3) is 0 Å². The Labute approximate surface area is 105 Å². The minimum Gasteiger partial charge on any atom is -0.347 e.